The molecule has 0 aromatic heterocycles. The molecule has 2 N–H and O–H groups in total. The van der Waals surface area contributed by atoms with Gasteiger partial charge in [0.15, 0.2) is 0 Å². The summed E-state index contributed by atoms with van der Waals surface area (Å²) in [6.45, 7) is 4.60. The number of carbonyl (C=O) groups is 1. The predicted octanol–water partition coefficient (Wildman–Crippen LogP) is 11.5. The highest BCUT2D eigenvalue weighted by Crippen LogP contribution is 2.38. The first-order valence-electron chi connectivity index (χ1n) is 22.2. The summed E-state index contributed by atoms with van der Waals surface area (Å²) in [5.41, 5.74) is 0. The van der Waals surface area contributed by atoms with Crippen LogP contribution in [0.25, 0.3) is 0 Å². The molecule has 0 aliphatic carbocycles. The third-order valence-electron chi connectivity index (χ3n) is 9.91. The zero-order valence-electron chi connectivity index (χ0n) is 35.5. The number of allylic oxidation sites excluding steroid dienone is 3. The van der Waals surface area contributed by atoms with Gasteiger partial charge < -0.3 is 28.8 Å². The molecular weight excluding hydrogens is 683 g/mol. The second kappa shape index (κ2) is 36.6. The van der Waals surface area contributed by atoms with Gasteiger partial charge in [0.05, 0.1) is 39.9 Å². The van der Waals surface area contributed by atoms with Crippen LogP contribution in [0.4, 0.5) is 0 Å². The van der Waals surface area contributed by atoms with Crippen molar-refractivity contribution < 1.29 is 32.9 Å². The van der Waals surface area contributed by atoms with Gasteiger partial charge in [-0.2, -0.15) is 0 Å². The number of quaternary nitrogens is 1. The Labute approximate surface area is 328 Å². The zero-order chi connectivity index (χ0) is 39.3. The quantitative estimate of drug-likeness (QED) is 0.0278. The Morgan fingerprint density at radius 3 is 1.53 bits per heavy atom. The number of amides is 1. The highest BCUT2D eigenvalue weighted by Gasteiger charge is 2.23. The number of aliphatic hydroxyl groups excluding tert-OH is 1. The van der Waals surface area contributed by atoms with E-state index in [0.29, 0.717) is 17.4 Å². The van der Waals surface area contributed by atoms with Gasteiger partial charge in [-0.3, -0.25) is 9.36 Å². The van der Waals surface area contributed by atoms with Gasteiger partial charge >= 0.3 is 0 Å². The third-order valence-corrected chi connectivity index (χ3v) is 10.9. The molecule has 9 heteroatoms. The van der Waals surface area contributed by atoms with Crippen molar-refractivity contribution in [1.82, 2.24) is 5.32 Å². The zero-order valence-corrected chi connectivity index (χ0v) is 36.4. The molecule has 0 spiro atoms. The Morgan fingerprint density at radius 2 is 1.06 bits per heavy atom. The lowest BCUT2D eigenvalue weighted by Gasteiger charge is -2.29. The van der Waals surface area contributed by atoms with Crippen LogP contribution in [-0.4, -0.2) is 68.5 Å². The van der Waals surface area contributed by atoms with Crippen molar-refractivity contribution in [2.75, 3.05) is 40.9 Å². The summed E-state index contributed by atoms with van der Waals surface area (Å²) in [7, 11) is 1.25. The molecule has 8 nitrogen and oxygen atoms in total. The van der Waals surface area contributed by atoms with Crippen molar-refractivity contribution in [1.29, 1.82) is 0 Å². The van der Waals surface area contributed by atoms with Gasteiger partial charge in [0.1, 0.15) is 13.2 Å². The summed E-state index contributed by atoms with van der Waals surface area (Å²) < 4.78 is 23.1. The molecule has 0 saturated carbocycles. The van der Waals surface area contributed by atoms with Crippen LogP contribution in [0.3, 0.4) is 0 Å². The molecule has 0 heterocycles. The maximum Gasteiger partial charge on any atom is 0.268 e. The van der Waals surface area contributed by atoms with Crippen LogP contribution < -0.4 is 10.2 Å². The smallest absolute Gasteiger partial charge is 0.268 e. The maximum absolute atomic E-state index is 12.8. The van der Waals surface area contributed by atoms with Crippen molar-refractivity contribution in [3.63, 3.8) is 0 Å². The largest absolute Gasteiger partial charge is 0.756 e. The molecule has 3 atom stereocenters. The number of likely N-dealkylation sites (N-methyl/N-ethyl adjacent to an activating group) is 1. The molecule has 0 aliphatic heterocycles. The number of unbranched alkanes of at least 4 members (excludes halogenated alkanes) is 25. The average molecular weight is 771 g/mol. The van der Waals surface area contributed by atoms with E-state index in [9.17, 15) is 19.4 Å². The first-order valence-corrected chi connectivity index (χ1v) is 23.7. The number of hydrogen-bond acceptors (Lipinski definition) is 6. The molecule has 3 unspecified atom stereocenters. The fourth-order valence-electron chi connectivity index (χ4n) is 6.34. The minimum atomic E-state index is -4.59. The van der Waals surface area contributed by atoms with Gasteiger partial charge in [-0.15, -0.1) is 0 Å². The topological polar surface area (TPSA) is 108 Å². The number of hydrogen-bond donors (Lipinski definition) is 2. The van der Waals surface area contributed by atoms with E-state index in [1.165, 1.54) is 141 Å². The minimum absolute atomic E-state index is 0.00451. The molecule has 0 aromatic rings. The highest BCUT2D eigenvalue weighted by molar-refractivity contribution is 7.45. The Balaban J connectivity index is 4.32. The number of nitrogens with one attached hydrogen (secondary N) is 1. The number of aliphatic hydroxyl groups is 1. The van der Waals surface area contributed by atoms with E-state index in [1.807, 2.05) is 27.2 Å². The second-order valence-electron chi connectivity index (χ2n) is 16.4. The second-order valence-corrected chi connectivity index (χ2v) is 17.8. The van der Waals surface area contributed by atoms with Crippen LogP contribution in [0.5, 0.6) is 0 Å². The van der Waals surface area contributed by atoms with Gasteiger partial charge in [0.2, 0.25) is 5.91 Å². The lowest BCUT2D eigenvalue weighted by atomic mass is 10.0. The number of phosphoric acid groups is 1. The minimum Gasteiger partial charge on any atom is -0.756 e. The lowest BCUT2D eigenvalue weighted by Crippen LogP contribution is -2.45. The Morgan fingerprint density at radius 1 is 0.642 bits per heavy atom. The van der Waals surface area contributed by atoms with Gasteiger partial charge in [-0.1, -0.05) is 186 Å². The van der Waals surface area contributed by atoms with Gasteiger partial charge in [-0.25, -0.2) is 0 Å². The van der Waals surface area contributed by atoms with Gasteiger partial charge in [0.25, 0.3) is 7.82 Å². The molecular formula is C44H87N2O6P. The molecule has 0 radical (unpaired) electrons. The van der Waals surface area contributed by atoms with E-state index >= 15 is 0 Å². The summed E-state index contributed by atoms with van der Waals surface area (Å²) in [5, 5.41) is 13.7. The Hall–Kier alpha value is -1.02. The van der Waals surface area contributed by atoms with Crippen LogP contribution in [0.2, 0.25) is 0 Å². The van der Waals surface area contributed by atoms with E-state index in [0.717, 1.165) is 38.5 Å². The van der Waals surface area contributed by atoms with E-state index in [-0.39, 0.29) is 19.1 Å². The van der Waals surface area contributed by atoms with Crippen molar-refractivity contribution in [2.45, 2.75) is 212 Å². The number of carbonyl (C=O) groups excluding carboxylic acids is 1. The predicted molar refractivity (Wildman–Crippen MR) is 224 cm³/mol. The Kier molecular flexibility index (Phi) is 35.9. The number of nitrogens with zero attached hydrogens (tertiary/aromatic N) is 1. The first-order chi connectivity index (χ1) is 25.5. The molecule has 0 saturated heterocycles. The van der Waals surface area contributed by atoms with Crippen LogP contribution in [-0.2, 0) is 18.4 Å². The summed E-state index contributed by atoms with van der Waals surface area (Å²) in [4.78, 5) is 25.2. The van der Waals surface area contributed by atoms with Crippen molar-refractivity contribution in [2.24, 2.45) is 0 Å². The van der Waals surface area contributed by atoms with Gasteiger partial charge in [0, 0.05) is 6.42 Å². The molecule has 0 aliphatic rings. The van der Waals surface area contributed by atoms with E-state index < -0.39 is 20.0 Å². The van der Waals surface area contributed by atoms with Crippen LogP contribution in [0.15, 0.2) is 24.3 Å². The maximum atomic E-state index is 12.8. The van der Waals surface area contributed by atoms with Crippen LogP contribution in [0.1, 0.15) is 200 Å². The monoisotopic (exact) mass is 771 g/mol. The van der Waals surface area contributed by atoms with E-state index in [1.54, 1.807) is 6.08 Å². The normalized spacial score (nSPS) is 14.6. The lowest BCUT2D eigenvalue weighted by molar-refractivity contribution is -0.870. The summed E-state index contributed by atoms with van der Waals surface area (Å²) in [6.07, 6.45) is 42.3. The average Bonchev–Trinajstić information content (AvgIpc) is 3.10. The van der Waals surface area contributed by atoms with Crippen LogP contribution >= 0.6 is 7.82 Å². The number of rotatable bonds is 40. The molecule has 314 valence electrons. The van der Waals surface area contributed by atoms with Crippen molar-refractivity contribution in [3.8, 4) is 0 Å². The van der Waals surface area contributed by atoms with E-state index in [4.69, 9.17) is 9.05 Å². The van der Waals surface area contributed by atoms with Crippen molar-refractivity contribution >= 4 is 13.7 Å². The molecule has 53 heavy (non-hydrogen) atoms. The molecule has 0 fully saturated rings. The molecule has 0 rings (SSSR count). The van der Waals surface area contributed by atoms with Gasteiger partial charge in [-0.05, 0) is 32.1 Å². The van der Waals surface area contributed by atoms with Crippen LogP contribution in [0, 0.1) is 0 Å². The molecule has 1 amide bonds. The summed E-state index contributed by atoms with van der Waals surface area (Å²) in [6, 6.07) is -0.896. The Bertz CT molecular complexity index is 922. The van der Waals surface area contributed by atoms with E-state index in [2.05, 4.69) is 31.3 Å². The SMILES string of the molecule is CCCCCCC/C=C/CC/C=C/C(O)C(COP(=O)([O-])OCC[N+](C)(C)C)NC(=O)CCCCCCCCCCCCCCCCCCCCCC. The number of phosphoric ester groups is 1. The summed E-state index contributed by atoms with van der Waals surface area (Å²) >= 11 is 0. The first kappa shape index (κ1) is 52.0. The highest BCUT2D eigenvalue weighted by atomic mass is 31.2. The standard InChI is InChI=1S/C44H87N2O6P/c1-6-8-10-12-14-16-18-19-20-21-22-23-24-25-26-28-30-32-34-36-38-44(48)45-42(41-52-53(49,50)51-40-39-46(3,4)5)43(47)37-35-33-31-29-27-17-15-13-11-9-7-2/h27,29,35,37,42-43,47H,6-26,28,30-34,36,38-41H2,1-5H3,(H-,45,48,49,50)/b29-27+,37-35+. The third kappa shape index (κ3) is 39.0. The molecule has 0 aromatic carbocycles. The molecule has 0 bridgehead atoms. The summed E-state index contributed by atoms with van der Waals surface area (Å²) in [5.74, 6) is -0.206. The fraction of sp³-hybridized carbons (Fsp3) is 0.886. The fourth-order valence-corrected chi connectivity index (χ4v) is 7.07. The van der Waals surface area contributed by atoms with Crippen molar-refractivity contribution in [3.05, 3.63) is 24.3 Å².